The van der Waals surface area contributed by atoms with E-state index in [1.54, 1.807) is 44.2 Å². The maximum atomic E-state index is 14.8. The quantitative estimate of drug-likeness (QED) is 0.425. The van der Waals surface area contributed by atoms with Gasteiger partial charge in [-0.3, -0.25) is 9.59 Å². The van der Waals surface area contributed by atoms with Gasteiger partial charge in [-0.25, -0.2) is 9.37 Å². The smallest absolute Gasteiger partial charge is 0.272 e. The van der Waals surface area contributed by atoms with Gasteiger partial charge >= 0.3 is 0 Å². The van der Waals surface area contributed by atoms with Crippen molar-refractivity contribution in [2.45, 2.75) is 32.0 Å². The standard InChI is InChI=1S/C24H25FN4O4S/c1-24(2,33)13-6-7-15(17(25)10-13)19-11-16(21(26)31)22(34-19)28-20-5-3-4-18(27-20)23(32)29-9-8-14(30)12-29/h3-7,10-11,14,30,33H,8-9,12H2,1-2H3,(H2,26,31)(H,27,28). The number of anilines is 2. The number of aromatic nitrogens is 1. The number of rotatable bonds is 6. The van der Waals surface area contributed by atoms with Crippen LogP contribution in [0.5, 0.6) is 0 Å². The van der Waals surface area contributed by atoms with Crippen LogP contribution < -0.4 is 11.1 Å². The molecule has 1 fully saturated rings. The van der Waals surface area contributed by atoms with E-state index in [1.807, 2.05) is 0 Å². The maximum absolute atomic E-state index is 14.8. The van der Waals surface area contributed by atoms with Gasteiger partial charge in [0.2, 0.25) is 0 Å². The summed E-state index contributed by atoms with van der Waals surface area (Å²) >= 11 is 1.12. The number of amides is 2. The Morgan fingerprint density at radius 3 is 2.65 bits per heavy atom. The van der Waals surface area contributed by atoms with Crippen LogP contribution in [-0.2, 0) is 5.60 Å². The Kier molecular flexibility index (Phi) is 6.39. The van der Waals surface area contributed by atoms with Gasteiger partial charge in [0, 0.05) is 23.5 Å². The predicted octanol–water partition coefficient (Wildman–Crippen LogP) is 3.23. The molecule has 1 saturated heterocycles. The Bertz CT molecular complexity index is 1250. The molecule has 2 aromatic heterocycles. The summed E-state index contributed by atoms with van der Waals surface area (Å²) in [5.41, 5.74) is 5.40. The van der Waals surface area contributed by atoms with Gasteiger partial charge in [0.1, 0.15) is 22.3 Å². The number of carbonyl (C=O) groups excluding carboxylic acids is 2. The van der Waals surface area contributed by atoms with Crippen LogP contribution in [0, 0.1) is 5.82 Å². The van der Waals surface area contributed by atoms with Gasteiger partial charge in [-0.2, -0.15) is 0 Å². The summed E-state index contributed by atoms with van der Waals surface area (Å²) in [6.07, 6.45) is -0.0115. The number of nitrogens with two attached hydrogens (primary N) is 1. The molecular weight excluding hydrogens is 459 g/mol. The number of aliphatic hydroxyl groups is 2. The van der Waals surface area contributed by atoms with Crippen LogP contribution in [-0.4, -0.2) is 51.1 Å². The van der Waals surface area contributed by atoms with Crippen LogP contribution in [0.1, 0.15) is 46.7 Å². The van der Waals surface area contributed by atoms with Crippen molar-refractivity contribution in [3.8, 4) is 10.4 Å². The minimum Gasteiger partial charge on any atom is -0.391 e. The number of halogens is 1. The first-order valence-corrected chi connectivity index (χ1v) is 11.5. The van der Waals surface area contributed by atoms with Gasteiger partial charge in [0.05, 0.1) is 17.3 Å². The molecule has 2 amide bonds. The van der Waals surface area contributed by atoms with E-state index in [9.17, 15) is 24.2 Å². The molecule has 5 N–H and O–H groups in total. The number of β-amino-alcohol motifs (C(OH)–C–C–N with tert-alkyl or cyclic N) is 1. The van der Waals surface area contributed by atoms with Crippen molar-refractivity contribution in [2.24, 2.45) is 5.73 Å². The maximum Gasteiger partial charge on any atom is 0.272 e. The Morgan fingerprint density at radius 2 is 2.03 bits per heavy atom. The number of nitrogens with zero attached hydrogens (tertiary/aromatic N) is 2. The molecule has 8 nitrogen and oxygen atoms in total. The Balaban J connectivity index is 1.62. The molecule has 34 heavy (non-hydrogen) atoms. The summed E-state index contributed by atoms with van der Waals surface area (Å²) in [7, 11) is 0. The largest absolute Gasteiger partial charge is 0.391 e. The van der Waals surface area contributed by atoms with E-state index in [2.05, 4.69) is 10.3 Å². The lowest BCUT2D eigenvalue weighted by atomic mass is 9.96. The molecule has 0 bridgehead atoms. The molecule has 1 aliphatic heterocycles. The minimum atomic E-state index is -1.19. The molecule has 3 aromatic rings. The summed E-state index contributed by atoms with van der Waals surface area (Å²) in [6, 6.07) is 10.8. The zero-order valence-electron chi connectivity index (χ0n) is 18.7. The molecule has 3 heterocycles. The summed E-state index contributed by atoms with van der Waals surface area (Å²) in [6.45, 7) is 3.85. The molecular formula is C24H25FN4O4S. The number of aliphatic hydroxyl groups excluding tert-OH is 1. The monoisotopic (exact) mass is 484 g/mol. The van der Waals surface area contributed by atoms with E-state index in [0.717, 1.165) is 11.3 Å². The fourth-order valence-corrected chi connectivity index (χ4v) is 4.82. The van der Waals surface area contributed by atoms with Crippen molar-refractivity contribution < 1.29 is 24.2 Å². The SMILES string of the molecule is CC(C)(O)c1ccc(-c2cc(C(N)=O)c(Nc3cccc(C(=O)N4CCC(O)C4)n3)s2)c(F)c1. The number of primary amides is 1. The summed E-state index contributed by atoms with van der Waals surface area (Å²) < 4.78 is 14.8. The molecule has 1 aromatic carbocycles. The van der Waals surface area contributed by atoms with Gasteiger partial charge in [-0.1, -0.05) is 18.2 Å². The summed E-state index contributed by atoms with van der Waals surface area (Å²) in [4.78, 5) is 31.1. The number of nitrogens with one attached hydrogen (secondary N) is 1. The van der Waals surface area contributed by atoms with Crippen molar-refractivity contribution in [1.82, 2.24) is 9.88 Å². The van der Waals surface area contributed by atoms with Gasteiger partial charge in [-0.05, 0) is 50.1 Å². The number of hydrogen-bond donors (Lipinski definition) is 4. The first-order chi connectivity index (χ1) is 16.0. The van der Waals surface area contributed by atoms with Crippen molar-refractivity contribution >= 4 is 34.0 Å². The average Bonchev–Trinajstić information content (AvgIpc) is 3.39. The second-order valence-corrected chi connectivity index (χ2v) is 9.75. The third-order valence-electron chi connectivity index (χ3n) is 5.60. The van der Waals surface area contributed by atoms with Crippen LogP contribution in [0.2, 0.25) is 0 Å². The molecule has 0 radical (unpaired) electrons. The third-order valence-corrected chi connectivity index (χ3v) is 6.68. The van der Waals surface area contributed by atoms with Crippen LogP contribution in [0.25, 0.3) is 10.4 Å². The van der Waals surface area contributed by atoms with Gasteiger partial charge in [0.15, 0.2) is 0 Å². The second-order valence-electron chi connectivity index (χ2n) is 8.70. The molecule has 178 valence electrons. The average molecular weight is 485 g/mol. The normalized spacial score (nSPS) is 16.0. The number of benzene rings is 1. The number of thiophene rings is 1. The molecule has 1 unspecified atom stereocenters. The van der Waals surface area contributed by atoms with Crippen molar-refractivity contribution in [2.75, 3.05) is 18.4 Å². The van der Waals surface area contributed by atoms with Gasteiger partial charge in [-0.15, -0.1) is 11.3 Å². The Morgan fingerprint density at radius 1 is 1.26 bits per heavy atom. The van der Waals surface area contributed by atoms with Gasteiger partial charge < -0.3 is 26.2 Å². The highest BCUT2D eigenvalue weighted by molar-refractivity contribution is 7.19. The van der Waals surface area contributed by atoms with E-state index in [-0.39, 0.29) is 29.3 Å². The van der Waals surface area contributed by atoms with Crippen LogP contribution in [0.15, 0.2) is 42.5 Å². The Labute approximate surface area is 199 Å². The zero-order valence-corrected chi connectivity index (χ0v) is 19.5. The first kappa shape index (κ1) is 23.8. The highest BCUT2D eigenvalue weighted by Gasteiger charge is 2.26. The van der Waals surface area contributed by atoms with E-state index in [1.165, 1.54) is 17.0 Å². The van der Waals surface area contributed by atoms with Crippen molar-refractivity contribution in [1.29, 1.82) is 0 Å². The fourth-order valence-electron chi connectivity index (χ4n) is 3.72. The fraction of sp³-hybridized carbons (Fsp3) is 0.292. The van der Waals surface area contributed by atoms with Crippen LogP contribution in [0.3, 0.4) is 0 Å². The van der Waals surface area contributed by atoms with Crippen molar-refractivity contribution in [3.05, 3.63) is 65.1 Å². The first-order valence-electron chi connectivity index (χ1n) is 10.7. The highest BCUT2D eigenvalue weighted by Crippen LogP contribution is 2.38. The van der Waals surface area contributed by atoms with E-state index >= 15 is 0 Å². The lowest BCUT2D eigenvalue weighted by Gasteiger charge is -2.18. The molecule has 1 atom stereocenters. The molecule has 0 spiro atoms. The topological polar surface area (TPSA) is 129 Å². The highest BCUT2D eigenvalue weighted by atomic mass is 32.1. The lowest BCUT2D eigenvalue weighted by Crippen LogP contribution is -2.30. The number of likely N-dealkylation sites (tertiary alicyclic amines) is 1. The Hall–Kier alpha value is -3.34. The van der Waals surface area contributed by atoms with Crippen LogP contribution in [0.4, 0.5) is 15.2 Å². The number of pyridine rings is 1. The van der Waals surface area contributed by atoms with E-state index in [0.29, 0.717) is 34.2 Å². The van der Waals surface area contributed by atoms with E-state index in [4.69, 9.17) is 5.73 Å². The van der Waals surface area contributed by atoms with E-state index < -0.39 is 23.4 Å². The molecule has 1 aliphatic rings. The number of hydrogen-bond acceptors (Lipinski definition) is 7. The number of carbonyl (C=O) groups is 2. The molecule has 10 heteroatoms. The molecule has 4 rings (SSSR count). The van der Waals surface area contributed by atoms with Crippen LogP contribution >= 0.6 is 11.3 Å². The predicted molar refractivity (Wildman–Crippen MR) is 128 cm³/mol. The van der Waals surface area contributed by atoms with Crippen molar-refractivity contribution in [3.63, 3.8) is 0 Å². The molecule has 0 aliphatic carbocycles. The minimum absolute atomic E-state index is 0.159. The summed E-state index contributed by atoms with van der Waals surface area (Å²) in [5.74, 6) is -1.21. The lowest BCUT2D eigenvalue weighted by molar-refractivity contribution is 0.0758. The third kappa shape index (κ3) is 4.93. The summed E-state index contributed by atoms with van der Waals surface area (Å²) in [5, 5.41) is 23.2. The second kappa shape index (κ2) is 9.13. The molecule has 0 saturated carbocycles. The zero-order chi connectivity index (χ0) is 24.6. The van der Waals surface area contributed by atoms with Gasteiger partial charge in [0.25, 0.3) is 11.8 Å².